The van der Waals surface area contributed by atoms with Gasteiger partial charge in [-0.15, -0.1) is 0 Å². The van der Waals surface area contributed by atoms with Crippen LogP contribution in [0, 0.1) is 0 Å². The quantitative estimate of drug-likeness (QED) is 0.131. The molecule has 1 heterocycles. The third-order valence-corrected chi connectivity index (χ3v) is 7.82. The predicted molar refractivity (Wildman–Crippen MR) is 140 cm³/mol. The summed E-state index contributed by atoms with van der Waals surface area (Å²) in [6.07, 6.45) is 0. The van der Waals surface area contributed by atoms with E-state index in [-0.39, 0.29) is 52.4 Å². The number of benzene rings is 3. The Morgan fingerprint density at radius 2 is 1.31 bits per heavy atom. The molecule has 1 aliphatic rings. The maximum Gasteiger partial charge on any atom is 0.282 e. The highest BCUT2D eigenvalue weighted by atomic mass is 35.5. The number of rotatable bonds is 5. The summed E-state index contributed by atoms with van der Waals surface area (Å²) in [6, 6.07) is 10.7. The zero-order chi connectivity index (χ0) is 26.5. The number of halogens is 6. The van der Waals surface area contributed by atoms with E-state index in [9.17, 15) is 19.2 Å². The van der Waals surface area contributed by atoms with Crippen LogP contribution in [0.2, 0.25) is 30.1 Å². The number of Topliss-reactive ketones (excluding diaryl/α,β-unsaturated/α-hetero) is 1. The monoisotopic (exact) mass is 602 g/mol. The van der Waals surface area contributed by atoms with Crippen molar-refractivity contribution in [3.05, 3.63) is 101 Å². The second kappa shape index (κ2) is 10.2. The van der Waals surface area contributed by atoms with E-state index in [1.807, 2.05) is 0 Å². The average Bonchev–Trinajstić information content (AvgIpc) is 3.11. The van der Waals surface area contributed by atoms with Crippen LogP contribution in [-0.2, 0) is 0 Å². The number of fused-ring (bicyclic) bond motifs is 1. The Morgan fingerprint density at radius 3 is 1.81 bits per heavy atom. The van der Waals surface area contributed by atoms with E-state index in [4.69, 9.17) is 69.6 Å². The molecule has 12 heteroatoms. The largest absolute Gasteiger partial charge is 0.292 e. The number of carbonyl (C=O) groups is 4. The van der Waals surface area contributed by atoms with E-state index >= 15 is 0 Å². The zero-order valence-electron chi connectivity index (χ0n) is 18.0. The third kappa shape index (κ3) is 4.36. The smallest absolute Gasteiger partial charge is 0.282 e. The topological polar surface area (TPSA) is 74.8 Å². The molecule has 0 bridgehead atoms. The molecule has 0 saturated carbocycles. The lowest BCUT2D eigenvalue weighted by molar-refractivity contribution is -0.00679. The first-order chi connectivity index (χ1) is 17.0. The number of hydrazine groups is 1. The van der Waals surface area contributed by atoms with Gasteiger partial charge in [0.25, 0.3) is 17.7 Å². The minimum Gasteiger partial charge on any atom is -0.292 e. The first-order valence-electron chi connectivity index (χ1n) is 10.1. The molecule has 6 nitrogen and oxygen atoms in total. The molecule has 0 spiro atoms. The van der Waals surface area contributed by atoms with Crippen LogP contribution in [0.15, 0.2) is 48.5 Å². The normalized spacial score (nSPS) is 13.6. The Labute approximate surface area is 235 Å². The fraction of sp³-hybridized carbons (Fsp3) is 0.0833. The molecule has 0 unspecified atom stereocenters. The number of ketones is 1. The fourth-order valence-corrected chi connectivity index (χ4v) is 5.22. The second-order valence-electron chi connectivity index (χ2n) is 7.61. The van der Waals surface area contributed by atoms with Gasteiger partial charge in [-0.3, -0.25) is 19.2 Å². The van der Waals surface area contributed by atoms with E-state index in [1.54, 1.807) is 18.2 Å². The highest BCUT2D eigenvalue weighted by molar-refractivity contribution is 6.55. The van der Waals surface area contributed by atoms with E-state index in [1.165, 1.54) is 37.3 Å². The van der Waals surface area contributed by atoms with Crippen molar-refractivity contribution in [1.29, 1.82) is 0 Å². The molecule has 0 fully saturated rings. The molecular weight excluding hydrogens is 593 g/mol. The van der Waals surface area contributed by atoms with Gasteiger partial charge >= 0.3 is 0 Å². The van der Waals surface area contributed by atoms with Crippen LogP contribution < -0.4 is 0 Å². The summed E-state index contributed by atoms with van der Waals surface area (Å²) in [6.45, 7) is 1.36. The minimum atomic E-state index is -1.35. The lowest BCUT2D eigenvalue weighted by Crippen LogP contribution is -2.56. The van der Waals surface area contributed by atoms with Crippen molar-refractivity contribution in [2.24, 2.45) is 0 Å². The summed E-state index contributed by atoms with van der Waals surface area (Å²) in [5.74, 6) is -3.52. The first kappa shape index (κ1) is 26.7. The summed E-state index contributed by atoms with van der Waals surface area (Å²) in [4.78, 5) is 54.2. The van der Waals surface area contributed by atoms with Crippen LogP contribution >= 0.6 is 69.6 Å². The fourth-order valence-electron chi connectivity index (χ4n) is 3.71. The van der Waals surface area contributed by atoms with Gasteiger partial charge in [0.1, 0.15) is 6.04 Å². The Hall–Kier alpha value is -2.32. The molecule has 1 aliphatic heterocycles. The first-order valence-corrected chi connectivity index (χ1v) is 12.4. The van der Waals surface area contributed by atoms with Crippen molar-refractivity contribution in [2.45, 2.75) is 13.0 Å². The molecule has 0 aromatic heterocycles. The molecular formula is C24H12Cl6N2O4. The summed E-state index contributed by atoms with van der Waals surface area (Å²) in [5, 5.41) is 0.281. The van der Waals surface area contributed by atoms with E-state index in [0.717, 1.165) is 0 Å². The number of carbonyl (C=O) groups excluding carboxylic acids is 4. The lowest BCUT2D eigenvalue weighted by atomic mass is 10.0. The van der Waals surface area contributed by atoms with Crippen LogP contribution in [0.3, 0.4) is 0 Å². The molecule has 1 atom stereocenters. The van der Waals surface area contributed by atoms with Crippen LogP contribution in [0.4, 0.5) is 0 Å². The molecule has 184 valence electrons. The maximum absolute atomic E-state index is 13.8. The lowest BCUT2D eigenvalue weighted by Gasteiger charge is -2.34. The molecule has 3 aromatic carbocycles. The predicted octanol–water partition coefficient (Wildman–Crippen LogP) is 7.53. The van der Waals surface area contributed by atoms with E-state index in [0.29, 0.717) is 10.0 Å². The molecule has 3 aromatic rings. The number of hydrogen-bond acceptors (Lipinski definition) is 4. The van der Waals surface area contributed by atoms with Gasteiger partial charge in [-0.1, -0.05) is 99.9 Å². The van der Waals surface area contributed by atoms with Gasteiger partial charge < -0.3 is 0 Å². The Kier molecular flexibility index (Phi) is 7.58. The van der Waals surface area contributed by atoms with E-state index in [2.05, 4.69) is 0 Å². The summed E-state index contributed by atoms with van der Waals surface area (Å²) in [5.41, 5.74) is -0.566. The maximum atomic E-state index is 13.8. The molecule has 0 saturated heterocycles. The second-order valence-corrected chi connectivity index (χ2v) is 9.96. The molecule has 0 radical (unpaired) electrons. The van der Waals surface area contributed by atoms with Gasteiger partial charge in [-0.25, -0.2) is 5.01 Å². The van der Waals surface area contributed by atoms with Crippen LogP contribution in [-0.4, -0.2) is 39.6 Å². The minimum absolute atomic E-state index is 0.0596. The number of hydrogen-bond donors (Lipinski definition) is 0. The molecule has 0 aliphatic carbocycles. The van der Waals surface area contributed by atoms with Crippen LogP contribution in [0.5, 0.6) is 0 Å². The molecule has 4 rings (SSSR count). The van der Waals surface area contributed by atoms with Crippen molar-refractivity contribution >= 4 is 93.1 Å². The van der Waals surface area contributed by atoms with Crippen molar-refractivity contribution in [3.8, 4) is 0 Å². The standard InChI is InChI=1S/C24H12Cl6N2O4/c1-10(21(33)11-5-3-2-4-6-11)31(22(34)13-8-7-12(25)9-14(13)26)32-23(35)15-16(24(32)36)18(28)20(30)19(29)17(15)27/h2-10H,1H3/t10-/m1/s1. The molecule has 0 N–H and O–H groups in total. The highest BCUT2D eigenvalue weighted by Gasteiger charge is 2.48. The van der Waals surface area contributed by atoms with Crippen LogP contribution in [0.25, 0.3) is 0 Å². The zero-order valence-corrected chi connectivity index (χ0v) is 22.5. The average molecular weight is 605 g/mol. The number of imide groups is 1. The van der Waals surface area contributed by atoms with Gasteiger partial charge in [-0.2, -0.15) is 5.01 Å². The van der Waals surface area contributed by atoms with Gasteiger partial charge in [0.15, 0.2) is 5.78 Å². The Bertz CT molecular complexity index is 1410. The SMILES string of the molecule is C[C@H](C(=O)c1ccccc1)N(C(=O)c1ccc(Cl)cc1Cl)N1C(=O)c2c(Cl)c(Cl)c(Cl)c(Cl)c2C1=O. The summed E-state index contributed by atoms with van der Waals surface area (Å²) in [7, 11) is 0. The summed E-state index contributed by atoms with van der Waals surface area (Å²) < 4.78 is 0. The van der Waals surface area contributed by atoms with Gasteiger partial charge in [0.05, 0.1) is 41.8 Å². The summed E-state index contributed by atoms with van der Waals surface area (Å²) >= 11 is 36.9. The Morgan fingerprint density at radius 1 is 0.778 bits per heavy atom. The molecule has 3 amide bonds. The Balaban J connectivity index is 1.90. The van der Waals surface area contributed by atoms with E-state index < -0.39 is 29.5 Å². The van der Waals surface area contributed by atoms with Crippen molar-refractivity contribution in [1.82, 2.24) is 10.0 Å². The number of nitrogens with zero attached hydrogens (tertiary/aromatic N) is 2. The van der Waals surface area contributed by atoms with Gasteiger partial charge in [0, 0.05) is 10.6 Å². The number of amides is 3. The highest BCUT2D eigenvalue weighted by Crippen LogP contribution is 2.45. The van der Waals surface area contributed by atoms with Crippen molar-refractivity contribution in [3.63, 3.8) is 0 Å². The molecule has 36 heavy (non-hydrogen) atoms. The van der Waals surface area contributed by atoms with Crippen molar-refractivity contribution in [2.75, 3.05) is 0 Å². The van der Waals surface area contributed by atoms with Crippen LogP contribution in [0.1, 0.15) is 48.4 Å². The van der Waals surface area contributed by atoms with Gasteiger partial charge in [-0.05, 0) is 25.1 Å². The third-order valence-electron chi connectivity index (χ3n) is 5.47. The van der Waals surface area contributed by atoms with Gasteiger partial charge in [0.2, 0.25) is 0 Å². The van der Waals surface area contributed by atoms with Crippen molar-refractivity contribution < 1.29 is 19.2 Å².